The molecule has 0 aromatic carbocycles. The number of rotatable bonds is 15. The van der Waals surface area contributed by atoms with Gasteiger partial charge in [-0.3, -0.25) is 19.4 Å². The van der Waals surface area contributed by atoms with Crippen molar-refractivity contribution in [2.75, 3.05) is 66.8 Å². The van der Waals surface area contributed by atoms with Gasteiger partial charge >= 0.3 is 11.9 Å². The molecule has 0 radical (unpaired) electrons. The fourth-order valence-electron chi connectivity index (χ4n) is 7.52. The van der Waals surface area contributed by atoms with Gasteiger partial charge in [-0.15, -0.1) is 0 Å². The molecule has 0 bridgehead atoms. The van der Waals surface area contributed by atoms with Gasteiger partial charge in [-0.1, -0.05) is 5.11 Å². The van der Waals surface area contributed by atoms with E-state index in [0.717, 1.165) is 57.9 Å². The number of esters is 2. The molecule has 2 aliphatic carbocycles. The molecule has 2 N–H and O–H groups in total. The highest BCUT2D eigenvalue weighted by Gasteiger charge is 2.41. The maximum Gasteiger partial charge on any atom is 0.308 e. The summed E-state index contributed by atoms with van der Waals surface area (Å²) in [6.45, 7) is 12.5. The minimum atomic E-state index is -0.178. The summed E-state index contributed by atoms with van der Waals surface area (Å²) in [5.41, 5.74) is 14.9. The number of likely N-dealkylation sites (tertiary alicyclic amines) is 2. The number of likely N-dealkylation sites (N-methyl/N-ethyl adjacent to an activating group) is 2. The lowest BCUT2D eigenvalue weighted by atomic mass is 9.87. The number of nitrogens with zero attached hydrogens (tertiary/aromatic N) is 5. The fourth-order valence-corrected chi connectivity index (χ4v) is 7.52. The molecule has 14 nitrogen and oxygen atoms in total. The molecule has 6 atom stereocenters. The Morgan fingerprint density at radius 2 is 1.12 bits per heavy atom. The third kappa shape index (κ3) is 11.8. The molecule has 0 unspecified atom stereocenters. The Bertz CT molecular complexity index is 1000. The summed E-state index contributed by atoms with van der Waals surface area (Å²) in [7, 11) is 4.08. The SMILES string of the molecule is CCOC(=O)C1CCC(OC[C@@H]2[C@@H](OCC)[C@H](N)CN2C)CC1.CCOC(=O)C1CCC(OC[C@@H]2[C@@H](OCC)[C@H](N=[N+]=[N-])CN2C)CC1. The van der Waals surface area contributed by atoms with Gasteiger partial charge in [-0.05, 0) is 98.7 Å². The van der Waals surface area contributed by atoms with Crippen molar-refractivity contribution in [1.82, 2.24) is 9.80 Å². The average Bonchev–Trinajstić information content (AvgIpc) is 3.52. The first kappa shape index (κ1) is 40.4. The molecule has 276 valence electrons. The molecule has 0 spiro atoms. The van der Waals surface area contributed by atoms with Crippen molar-refractivity contribution in [2.45, 2.75) is 128 Å². The predicted molar refractivity (Wildman–Crippen MR) is 181 cm³/mol. The highest BCUT2D eigenvalue weighted by Crippen LogP contribution is 2.30. The van der Waals surface area contributed by atoms with Crippen molar-refractivity contribution in [2.24, 2.45) is 22.7 Å². The molecule has 2 saturated heterocycles. The van der Waals surface area contributed by atoms with Crippen LogP contribution in [0.5, 0.6) is 0 Å². The third-order valence-electron chi connectivity index (χ3n) is 10.2. The number of azide groups is 1. The van der Waals surface area contributed by atoms with E-state index in [2.05, 4.69) is 26.9 Å². The van der Waals surface area contributed by atoms with Crippen LogP contribution in [0.2, 0.25) is 0 Å². The highest BCUT2D eigenvalue weighted by atomic mass is 16.5. The smallest absolute Gasteiger partial charge is 0.308 e. The van der Waals surface area contributed by atoms with Crippen LogP contribution in [0.15, 0.2) is 5.11 Å². The van der Waals surface area contributed by atoms with Crippen molar-refractivity contribution in [3.05, 3.63) is 10.4 Å². The molecule has 2 heterocycles. The van der Waals surface area contributed by atoms with E-state index in [1.165, 1.54) is 0 Å². The Balaban J connectivity index is 0.000000261. The average molecular weight is 683 g/mol. The lowest BCUT2D eigenvalue weighted by molar-refractivity contribution is -0.151. The summed E-state index contributed by atoms with van der Waals surface area (Å²) < 4.78 is 34.1. The predicted octanol–water partition coefficient (Wildman–Crippen LogP) is 3.69. The maximum absolute atomic E-state index is 11.8. The summed E-state index contributed by atoms with van der Waals surface area (Å²) in [4.78, 5) is 30.9. The first-order valence-electron chi connectivity index (χ1n) is 18.2. The Labute approximate surface area is 287 Å². The van der Waals surface area contributed by atoms with Gasteiger partial charge in [0.25, 0.3) is 0 Å². The van der Waals surface area contributed by atoms with Gasteiger partial charge in [-0.2, -0.15) is 0 Å². The fraction of sp³-hybridized carbons (Fsp3) is 0.941. The van der Waals surface area contributed by atoms with E-state index in [0.29, 0.717) is 46.2 Å². The van der Waals surface area contributed by atoms with Crippen LogP contribution in [-0.4, -0.2) is 137 Å². The van der Waals surface area contributed by atoms with Gasteiger partial charge < -0.3 is 34.2 Å². The summed E-state index contributed by atoms with van der Waals surface area (Å²) in [6.07, 6.45) is 7.25. The molecule has 4 aliphatic rings. The summed E-state index contributed by atoms with van der Waals surface area (Å²) >= 11 is 0. The van der Waals surface area contributed by atoms with Crippen molar-refractivity contribution in [3.63, 3.8) is 0 Å². The number of ether oxygens (including phenoxy) is 6. The van der Waals surface area contributed by atoms with Crippen molar-refractivity contribution >= 4 is 11.9 Å². The lowest BCUT2D eigenvalue weighted by Crippen LogP contribution is -2.43. The van der Waals surface area contributed by atoms with E-state index in [1.54, 1.807) is 0 Å². The van der Waals surface area contributed by atoms with Gasteiger partial charge in [0.15, 0.2) is 0 Å². The number of nitrogens with two attached hydrogens (primary N) is 1. The van der Waals surface area contributed by atoms with Gasteiger partial charge in [0.05, 0.1) is 80.8 Å². The normalized spacial score (nSPS) is 34.1. The Morgan fingerprint density at radius 1 is 0.688 bits per heavy atom. The number of hydrogen-bond acceptors (Lipinski definition) is 12. The van der Waals surface area contributed by atoms with Gasteiger partial charge in [-0.25, -0.2) is 0 Å². The van der Waals surface area contributed by atoms with E-state index >= 15 is 0 Å². The molecule has 4 fully saturated rings. The number of hydrogen-bond donors (Lipinski definition) is 1. The topological polar surface area (TPSA) is 171 Å². The molecule has 4 rings (SSSR count). The second-order valence-corrected chi connectivity index (χ2v) is 13.4. The zero-order valence-corrected chi connectivity index (χ0v) is 30.2. The molecule has 0 amide bonds. The zero-order chi connectivity index (χ0) is 35.1. The number of carbonyl (C=O) groups excluding carboxylic acids is 2. The molecule has 2 saturated carbocycles. The van der Waals surface area contributed by atoms with Crippen molar-refractivity contribution in [1.29, 1.82) is 0 Å². The molecule has 0 aromatic heterocycles. The molecule has 14 heteroatoms. The largest absolute Gasteiger partial charge is 0.466 e. The Hall–Kier alpha value is -2.03. The van der Waals surface area contributed by atoms with Gasteiger partial charge in [0, 0.05) is 37.3 Å². The maximum atomic E-state index is 11.8. The second-order valence-electron chi connectivity index (χ2n) is 13.4. The summed E-state index contributed by atoms with van der Waals surface area (Å²) in [5, 5.41) is 3.87. The molecule has 48 heavy (non-hydrogen) atoms. The van der Waals surface area contributed by atoms with Crippen LogP contribution in [0.1, 0.15) is 79.1 Å². The zero-order valence-electron chi connectivity index (χ0n) is 30.2. The Morgan fingerprint density at radius 3 is 1.56 bits per heavy atom. The highest BCUT2D eigenvalue weighted by molar-refractivity contribution is 5.72. The third-order valence-corrected chi connectivity index (χ3v) is 10.2. The molecular formula is C34H62N6O8. The van der Waals surface area contributed by atoms with Gasteiger partial charge in [0.2, 0.25) is 0 Å². The minimum Gasteiger partial charge on any atom is -0.466 e. The van der Waals surface area contributed by atoms with E-state index in [9.17, 15) is 9.59 Å². The van der Waals surface area contributed by atoms with E-state index in [-0.39, 0.29) is 72.4 Å². The van der Waals surface area contributed by atoms with Crippen LogP contribution < -0.4 is 5.73 Å². The minimum absolute atomic E-state index is 0.0134. The summed E-state index contributed by atoms with van der Waals surface area (Å²) in [5.74, 6) is -0.0676. The molecular weight excluding hydrogens is 620 g/mol. The van der Waals surface area contributed by atoms with Crippen LogP contribution in [0.25, 0.3) is 10.4 Å². The van der Waals surface area contributed by atoms with Crippen molar-refractivity contribution in [3.8, 4) is 0 Å². The lowest BCUT2D eigenvalue weighted by Gasteiger charge is -2.31. The monoisotopic (exact) mass is 682 g/mol. The first-order valence-corrected chi connectivity index (χ1v) is 18.2. The van der Waals surface area contributed by atoms with Gasteiger partial charge in [0.1, 0.15) is 0 Å². The quantitative estimate of drug-likeness (QED) is 0.116. The standard InChI is InChI=1S/C17H30N4O4.C17H32N2O4/c1-4-23-16-14(19-20-18)10-21(3)15(16)11-25-13-8-6-12(7-9-13)17(22)24-5-2;1-4-21-16-14(18)10-19(3)15(16)11-23-13-8-6-12(7-9-13)17(20)22-5-2/h12-16H,4-11H2,1-3H3;12-16H,4-11,18H2,1-3H3/t2*12?,13?,14-,15-,16+/m11/s1. The van der Waals surface area contributed by atoms with E-state index < -0.39 is 0 Å². The second kappa shape index (κ2) is 21.2. The van der Waals surface area contributed by atoms with Crippen molar-refractivity contribution < 1.29 is 38.0 Å². The summed E-state index contributed by atoms with van der Waals surface area (Å²) in [6, 6.07) is 0.169. The van der Waals surface area contributed by atoms with E-state index in [1.807, 2.05) is 34.7 Å². The van der Waals surface area contributed by atoms with Crippen LogP contribution in [0.4, 0.5) is 0 Å². The van der Waals surface area contributed by atoms with Crippen LogP contribution in [-0.2, 0) is 38.0 Å². The van der Waals surface area contributed by atoms with Crippen LogP contribution in [0, 0.1) is 11.8 Å². The molecule has 2 aliphatic heterocycles. The molecule has 0 aromatic rings. The van der Waals surface area contributed by atoms with E-state index in [4.69, 9.17) is 39.7 Å². The van der Waals surface area contributed by atoms with Crippen LogP contribution in [0.3, 0.4) is 0 Å². The first-order chi connectivity index (χ1) is 23.2. The number of carbonyl (C=O) groups is 2. The Kier molecular flexibility index (Phi) is 17.9. The van der Waals surface area contributed by atoms with Crippen LogP contribution >= 0.6 is 0 Å².